The average Bonchev–Trinajstić information content (AvgIpc) is 2.45. The van der Waals surface area contributed by atoms with E-state index in [2.05, 4.69) is 21.2 Å². The van der Waals surface area contributed by atoms with Crippen molar-refractivity contribution < 1.29 is 9.53 Å². The first-order valence-electron chi connectivity index (χ1n) is 6.44. The highest BCUT2D eigenvalue weighted by atomic mass is 79.9. The maximum absolute atomic E-state index is 12.4. The molecule has 0 radical (unpaired) electrons. The molecule has 0 atom stereocenters. The van der Waals surface area contributed by atoms with Crippen LogP contribution in [0.1, 0.15) is 21.5 Å². The van der Waals surface area contributed by atoms with Crippen LogP contribution >= 0.6 is 15.9 Å². The Labute approximate surface area is 132 Å². The van der Waals surface area contributed by atoms with Gasteiger partial charge >= 0.3 is 0 Å². The number of hydrogen-bond donors (Lipinski definition) is 2. The fraction of sp³-hybridized carbons (Fsp3) is 0.188. The van der Waals surface area contributed by atoms with Crippen molar-refractivity contribution in [1.82, 2.24) is 0 Å². The monoisotopic (exact) mass is 348 g/mol. The number of rotatable bonds is 3. The Bertz CT molecular complexity index is 676. The molecule has 3 N–H and O–H groups in total. The predicted molar refractivity (Wildman–Crippen MR) is 89.0 cm³/mol. The Morgan fingerprint density at radius 1 is 1.19 bits per heavy atom. The first kappa shape index (κ1) is 15.4. The van der Waals surface area contributed by atoms with E-state index in [1.807, 2.05) is 26.0 Å². The Hall–Kier alpha value is -2.01. The minimum Gasteiger partial charge on any atom is -0.497 e. The largest absolute Gasteiger partial charge is 0.497 e. The SMILES string of the molecule is COc1ccc(N)c(C(=O)Nc2cc(C)c(Br)c(C)c2)c1. The van der Waals surface area contributed by atoms with E-state index in [4.69, 9.17) is 10.5 Å². The molecule has 2 aromatic rings. The lowest BCUT2D eigenvalue weighted by molar-refractivity contribution is 0.102. The molecule has 2 rings (SSSR count). The second-order valence-electron chi connectivity index (χ2n) is 4.83. The smallest absolute Gasteiger partial charge is 0.257 e. The summed E-state index contributed by atoms with van der Waals surface area (Å²) in [5.41, 5.74) is 9.53. The third-order valence-corrected chi connectivity index (χ3v) is 4.45. The lowest BCUT2D eigenvalue weighted by Crippen LogP contribution is -2.14. The highest BCUT2D eigenvalue weighted by molar-refractivity contribution is 9.10. The number of nitrogens with two attached hydrogens (primary N) is 1. The van der Waals surface area contributed by atoms with E-state index in [1.54, 1.807) is 25.3 Å². The van der Waals surface area contributed by atoms with Crippen LogP contribution in [0.5, 0.6) is 5.75 Å². The van der Waals surface area contributed by atoms with Gasteiger partial charge in [-0.2, -0.15) is 0 Å². The van der Waals surface area contributed by atoms with Crippen molar-refractivity contribution in [2.24, 2.45) is 0 Å². The number of benzene rings is 2. The van der Waals surface area contributed by atoms with E-state index >= 15 is 0 Å². The van der Waals surface area contributed by atoms with E-state index in [0.29, 0.717) is 17.0 Å². The molecule has 0 saturated heterocycles. The number of nitrogens with one attached hydrogen (secondary N) is 1. The van der Waals surface area contributed by atoms with Crippen LogP contribution in [0.3, 0.4) is 0 Å². The van der Waals surface area contributed by atoms with Gasteiger partial charge in [0.2, 0.25) is 0 Å². The molecule has 0 aromatic heterocycles. The molecule has 0 spiro atoms. The van der Waals surface area contributed by atoms with Crippen molar-refractivity contribution in [2.45, 2.75) is 13.8 Å². The quantitative estimate of drug-likeness (QED) is 0.826. The van der Waals surface area contributed by atoms with Gasteiger partial charge in [-0.15, -0.1) is 0 Å². The zero-order valence-corrected chi connectivity index (χ0v) is 13.7. The van der Waals surface area contributed by atoms with Crippen LogP contribution in [-0.4, -0.2) is 13.0 Å². The molecule has 0 aliphatic carbocycles. The molecule has 0 aliphatic rings. The number of amides is 1. The van der Waals surface area contributed by atoms with Crippen molar-refractivity contribution in [3.05, 3.63) is 51.5 Å². The first-order valence-corrected chi connectivity index (χ1v) is 7.23. The van der Waals surface area contributed by atoms with Gasteiger partial charge in [-0.1, -0.05) is 15.9 Å². The first-order chi connectivity index (χ1) is 9.92. The van der Waals surface area contributed by atoms with Gasteiger partial charge in [0.1, 0.15) is 5.75 Å². The standard InChI is InChI=1S/C16H17BrN2O2/c1-9-6-11(7-10(2)15(9)17)19-16(20)13-8-12(21-3)4-5-14(13)18/h4-8H,18H2,1-3H3,(H,19,20). The average molecular weight is 349 g/mol. The summed E-state index contributed by atoms with van der Waals surface area (Å²) in [6, 6.07) is 8.83. The molecule has 110 valence electrons. The molecule has 0 aliphatic heterocycles. The second-order valence-corrected chi connectivity index (χ2v) is 5.62. The zero-order valence-electron chi connectivity index (χ0n) is 12.2. The lowest BCUT2D eigenvalue weighted by atomic mass is 10.1. The van der Waals surface area contributed by atoms with Crippen molar-refractivity contribution in [3.8, 4) is 5.75 Å². The Morgan fingerprint density at radius 2 is 1.81 bits per heavy atom. The molecule has 1 amide bonds. The topological polar surface area (TPSA) is 64.3 Å². The van der Waals surface area contributed by atoms with Crippen LogP contribution in [0, 0.1) is 13.8 Å². The molecule has 2 aromatic carbocycles. The number of aryl methyl sites for hydroxylation is 2. The van der Waals surface area contributed by atoms with Crippen LogP contribution in [0.4, 0.5) is 11.4 Å². The van der Waals surface area contributed by atoms with Gasteiger partial charge in [0.15, 0.2) is 0 Å². The fourth-order valence-corrected chi connectivity index (χ4v) is 2.30. The molecular formula is C16H17BrN2O2. The van der Waals surface area contributed by atoms with Crippen LogP contribution in [0.15, 0.2) is 34.8 Å². The molecule has 5 heteroatoms. The van der Waals surface area contributed by atoms with Gasteiger partial charge in [-0.3, -0.25) is 4.79 Å². The van der Waals surface area contributed by atoms with Gasteiger partial charge in [0.25, 0.3) is 5.91 Å². The summed E-state index contributed by atoms with van der Waals surface area (Å²) < 4.78 is 6.17. The maximum atomic E-state index is 12.4. The lowest BCUT2D eigenvalue weighted by Gasteiger charge is -2.11. The molecular weight excluding hydrogens is 332 g/mol. The summed E-state index contributed by atoms with van der Waals surface area (Å²) in [5.74, 6) is 0.338. The molecule has 4 nitrogen and oxygen atoms in total. The molecule has 0 unspecified atom stereocenters. The number of hydrogen-bond acceptors (Lipinski definition) is 3. The number of anilines is 2. The number of ether oxygens (including phenoxy) is 1. The van der Waals surface area contributed by atoms with Crippen molar-refractivity contribution >= 4 is 33.2 Å². The summed E-state index contributed by atoms with van der Waals surface area (Å²) in [6.07, 6.45) is 0. The minimum absolute atomic E-state index is 0.257. The number of carbonyl (C=O) groups excluding carboxylic acids is 1. The van der Waals surface area contributed by atoms with Gasteiger partial charge in [-0.25, -0.2) is 0 Å². The number of carbonyl (C=O) groups is 1. The summed E-state index contributed by atoms with van der Waals surface area (Å²) >= 11 is 3.51. The van der Waals surface area contributed by atoms with Gasteiger partial charge < -0.3 is 15.8 Å². The van der Waals surface area contributed by atoms with Crippen LogP contribution < -0.4 is 15.8 Å². The minimum atomic E-state index is -0.257. The van der Waals surface area contributed by atoms with Crippen LogP contribution in [-0.2, 0) is 0 Å². The van der Waals surface area contributed by atoms with Crippen molar-refractivity contribution in [2.75, 3.05) is 18.2 Å². The van der Waals surface area contributed by atoms with Crippen LogP contribution in [0.2, 0.25) is 0 Å². The third-order valence-electron chi connectivity index (χ3n) is 3.20. The van der Waals surface area contributed by atoms with E-state index in [0.717, 1.165) is 21.3 Å². The molecule has 0 saturated carbocycles. The van der Waals surface area contributed by atoms with Crippen molar-refractivity contribution in [3.63, 3.8) is 0 Å². The highest BCUT2D eigenvalue weighted by Gasteiger charge is 2.12. The van der Waals surface area contributed by atoms with E-state index in [1.165, 1.54) is 0 Å². The number of methoxy groups -OCH3 is 1. The molecule has 21 heavy (non-hydrogen) atoms. The predicted octanol–water partition coefficient (Wildman–Crippen LogP) is 3.91. The van der Waals surface area contributed by atoms with Crippen LogP contribution in [0.25, 0.3) is 0 Å². The molecule has 0 heterocycles. The summed E-state index contributed by atoms with van der Waals surface area (Å²) in [7, 11) is 1.55. The Kier molecular flexibility index (Phi) is 4.53. The van der Waals surface area contributed by atoms with Crippen molar-refractivity contribution in [1.29, 1.82) is 0 Å². The van der Waals surface area contributed by atoms with E-state index < -0.39 is 0 Å². The maximum Gasteiger partial charge on any atom is 0.257 e. The Morgan fingerprint density at radius 3 is 2.38 bits per heavy atom. The van der Waals surface area contributed by atoms with Gasteiger partial charge in [0.05, 0.1) is 12.7 Å². The fourth-order valence-electron chi connectivity index (χ4n) is 2.08. The number of halogens is 1. The third kappa shape index (κ3) is 3.36. The Balaban J connectivity index is 2.30. The van der Waals surface area contributed by atoms with Gasteiger partial charge in [-0.05, 0) is 55.3 Å². The summed E-state index contributed by atoms with van der Waals surface area (Å²) in [4.78, 5) is 12.4. The molecule has 0 bridgehead atoms. The highest BCUT2D eigenvalue weighted by Crippen LogP contribution is 2.26. The second kappa shape index (κ2) is 6.18. The van der Waals surface area contributed by atoms with E-state index in [-0.39, 0.29) is 5.91 Å². The summed E-state index contributed by atoms with van der Waals surface area (Å²) in [5, 5.41) is 2.86. The zero-order chi connectivity index (χ0) is 15.6. The van der Waals surface area contributed by atoms with Gasteiger partial charge in [0, 0.05) is 15.8 Å². The normalized spacial score (nSPS) is 10.3. The number of nitrogen functional groups attached to an aromatic ring is 1. The molecule has 0 fully saturated rings. The summed E-state index contributed by atoms with van der Waals surface area (Å²) in [6.45, 7) is 3.96. The van der Waals surface area contributed by atoms with E-state index in [9.17, 15) is 4.79 Å².